The zero-order valence-corrected chi connectivity index (χ0v) is 11.9. The van der Waals surface area contributed by atoms with E-state index in [1.54, 1.807) is 25.1 Å². The molecule has 0 aromatic heterocycles. The van der Waals surface area contributed by atoms with Crippen molar-refractivity contribution in [1.29, 1.82) is 0 Å². The number of hydrogen-bond donors (Lipinski definition) is 2. The van der Waals surface area contributed by atoms with Crippen LogP contribution in [0.1, 0.15) is 23.7 Å². The molecule has 0 aliphatic heterocycles. The van der Waals surface area contributed by atoms with Crippen LogP contribution in [0.3, 0.4) is 0 Å². The number of carbonyl (C=O) groups excluding carboxylic acids is 1. The molecule has 1 amide bonds. The Hall–Kier alpha value is -0.820. The highest BCUT2D eigenvalue weighted by atomic mass is 127. The highest BCUT2D eigenvalue weighted by Gasteiger charge is 2.13. The summed E-state index contributed by atoms with van der Waals surface area (Å²) in [5, 5.41) is 11.7. The molecule has 0 spiro atoms. The van der Waals surface area contributed by atoms with E-state index in [2.05, 4.69) is 27.9 Å². The smallest absolute Gasteiger partial charge is 0.305 e. The van der Waals surface area contributed by atoms with Gasteiger partial charge in [-0.15, -0.1) is 0 Å². The summed E-state index contributed by atoms with van der Waals surface area (Å²) in [7, 11) is 0. The first-order valence-corrected chi connectivity index (χ1v) is 6.33. The zero-order chi connectivity index (χ0) is 13.0. The standard InChI is InChI=1S/C11H11ClINO3/c1-6(4-10(15)16)14-11(17)7-2-3-9(13)8(12)5-7/h2-3,5-6H,4H2,1H3,(H,14,17)(H,15,16). The Kier molecular flexibility index (Phi) is 5.20. The first-order valence-electron chi connectivity index (χ1n) is 4.88. The van der Waals surface area contributed by atoms with Gasteiger partial charge in [0.25, 0.3) is 5.91 Å². The van der Waals surface area contributed by atoms with Crippen molar-refractivity contribution in [2.45, 2.75) is 19.4 Å². The molecule has 1 atom stereocenters. The van der Waals surface area contributed by atoms with Gasteiger partial charge in [0.15, 0.2) is 0 Å². The van der Waals surface area contributed by atoms with Crippen LogP contribution < -0.4 is 5.32 Å². The summed E-state index contributed by atoms with van der Waals surface area (Å²) in [6.45, 7) is 1.64. The Labute approximate surface area is 117 Å². The average Bonchev–Trinajstić information content (AvgIpc) is 2.20. The fraction of sp³-hybridized carbons (Fsp3) is 0.273. The minimum Gasteiger partial charge on any atom is -0.481 e. The fourth-order valence-corrected chi connectivity index (χ4v) is 1.77. The van der Waals surface area contributed by atoms with Crippen molar-refractivity contribution in [1.82, 2.24) is 5.32 Å². The second-order valence-electron chi connectivity index (χ2n) is 3.60. The molecule has 92 valence electrons. The van der Waals surface area contributed by atoms with Gasteiger partial charge >= 0.3 is 5.97 Å². The van der Waals surface area contributed by atoms with Crippen LogP contribution in [0.2, 0.25) is 5.02 Å². The van der Waals surface area contributed by atoms with Gasteiger partial charge in [-0.05, 0) is 47.7 Å². The summed E-state index contributed by atoms with van der Waals surface area (Å²) >= 11 is 7.96. The maximum atomic E-state index is 11.7. The second kappa shape index (κ2) is 6.20. The van der Waals surface area contributed by atoms with Crippen LogP contribution >= 0.6 is 34.2 Å². The molecule has 1 rings (SSSR count). The molecule has 0 heterocycles. The molecular formula is C11H11ClINO3. The first-order chi connectivity index (χ1) is 7.90. The third-order valence-electron chi connectivity index (χ3n) is 2.04. The predicted molar refractivity (Wildman–Crippen MR) is 73.4 cm³/mol. The Morgan fingerprint density at radius 2 is 2.18 bits per heavy atom. The Morgan fingerprint density at radius 1 is 1.53 bits per heavy atom. The monoisotopic (exact) mass is 367 g/mol. The van der Waals surface area contributed by atoms with Crippen molar-refractivity contribution in [3.05, 3.63) is 32.4 Å². The van der Waals surface area contributed by atoms with Gasteiger partial charge in [-0.3, -0.25) is 9.59 Å². The van der Waals surface area contributed by atoms with Crippen molar-refractivity contribution in [3.63, 3.8) is 0 Å². The summed E-state index contributed by atoms with van der Waals surface area (Å²) in [5.74, 6) is -1.27. The van der Waals surface area contributed by atoms with Crippen LogP contribution in [0.5, 0.6) is 0 Å². The number of carbonyl (C=O) groups is 2. The molecule has 1 unspecified atom stereocenters. The van der Waals surface area contributed by atoms with Crippen molar-refractivity contribution in [3.8, 4) is 0 Å². The van der Waals surface area contributed by atoms with Crippen molar-refractivity contribution in [2.24, 2.45) is 0 Å². The molecule has 6 heteroatoms. The molecule has 2 N–H and O–H groups in total. The molecule has 0 aliphatic carbocycles. The number of rotatable bonds is 4. The average molecular weight is 368 g/mol. The van der Waals surface area contributed by atoms with Crippen LogP contribution in [0.4, 0.5) is 0 Å². The van der Waals surface area contributed by atoms with E-state index in [1.165, 1.54) is 0 Å². The maximum Gasteiger partial charge on any atom is 0.305 e. The lowest BCUT2D eigenvalue weighted by atomic mass is 10.2. The van der Waals surface area contributed by atoms with Gasteiger partial charge in [0.2, 0.25) is 0 Å². The van der Waals surface area contributed by atoms with Crippen LogP contribution in [0, 0.1) is 3.57 Å². The van der Waals surface area contributed by atoms with Gasteiger partial charge in [0, 0.05) is 15.2 Å². The van der Waals surface area contributed by atoms with Gasteiger partial charge in [0.1, 0.15) is 0 Å². The summed E-state index contributed by atoms with van der Waals surface area (Å²) in [5.41, 5.74) is 0.424. The van der Waals surface area contributed by atoms with E-state index in [4.69, 9.17) is 16.7 Å². The van der Waals surface area contributed by atoms with Gasteiger partial charge in [0.05, 0.1) is 11.4 Å². The Morgan fingerprint density at radius 3 is 2.71 bits per heavy atom. The third-order valence-corrected chi connectivity index (χ3v) is 3.61. The van der Waals surface area contributed by atoms with E-state index in [0.717, 1.165) is 3.57 Å². The number of carboxylic acid groups (broad SMARTS) is 1. The lowest BCUT2D eigenvalue weighted by Crippen LogP contribution is -2.34. The highest BCUT2D eigenvalue weighted by Crippen LogP contribution is 2.19. The second-order valence-corrected chi connectivity index (χ2v) is 5.17. The topological polar surface area (TPSA) is 66.4 Å². The highest BCUT2D eigenvalue weighted by molar-refractivity contribution is 14.1. The molecule has 0 bridgehead atoms. The SMILES string of the molecule is CC(CC(=O)O)NC(=O)c1ccc(I)c(Cl)c1. The van der Waals surface area contributed by atoms with E-state index in [1.807, 2.05) is 0 Å². The molecule has 0 fully saturated rings. The molecule has 4 nitrogen and oxygen atoms in total. The molecule has 1 aromatic carbocycles. The lowest BCUT2D eigenvalue weighted by molar-refractivity contribution is -0.137. The molecular weight excluding hydrogens is 356 g/mol. The molecule has 0 radical (unpaired) electrons. The van der Waals surface area contributed by atoms with E-state index in [9.17, 15) is 9.59 Å². The first kappa shape index (κ1) is 14.2. The minimum absolute atomic E-state index is 0.107. The molecule has 0 saturated carbocycles. The molecule has 0 aliphatic rings. The summed E-state index contributed by atoms with van der Waals surface area (Å²) in [6, 6.07) is 4.53. The number of amides is 1. The van der Waals surface area contributed by atoms with Crippen LogP contribution in [0.25, 0.3) is 0 Å². The van der Waals surface area contributed by atoms with Crippen molar-refractivity contribution >= 4 is 46.1 Å². The predicted octanol–water partition coefficient (Wildman–Crippen LogP) is 2.54. The van der Waals surface area contributed by atoms with Crippen LogP contribution in [-0.2, 0) is 4.79 Å². The summed E-state index contributed by atoms with van der Waals surface area (Å²) in [4.78, 5) is 22.2. The van der Waals surface area contributed by atoms with Gasteiger partial charge < -0.3 is 10.4 Å². The van der Waals surface area contributed by atoms with Gasteiger partial charge in [-0.25, -0.2) is 0 Å². The summed E-state index contributed by atoms with van der Waals surface area (Å²) in [6.07, 6.45) is -0.107. The molecule has 17 heavy (non-hydrogen) atoms. The summed E-state index contributed by atoms with van der Waals surface area (Å²) < 4.78 is 0.861. The third kappa shape index (κ3) is 4.51. The molecule has 1 aromatic rings. The molecule has 0 saturated heterocycles. The number of hydrogen-bond acceptors (Lipinski definition) is 2. The minimum atomic E-state index is -0.946. The quantitative estimate of drug-likeness (QED) is 0.804. The fourth-order valence-electron chi connectivity index (χ4n) is 1.26. The number of carboxylic acids is 1. The number of nitrogens with one attached hydrogen (secondary N) is 1. The Balaban J connectivity index is 2.70. The Bertz CT molecular complexity index is 450. The number of benzene rings is 1. The van der Waals surface area contributed by atoms with E-state index < -0.39 is 12.0 Å². The largest absolute Gasteiger partial charge is 0.481 e. The van der Waals surface area contributed by atoms with Gasteiger partial charge in [-0.2, -0.15) is 0 Å². The van der Waals surface area contributed by atoms with E-state index >= 15 is 0 Å². The normalized spacial score (nSPS) is 11.9. The van der Waals surface area contributed by atoms with Crippen LogP contribution in [-0.4, -0.2) is 23.0 Å². The lowest BCUT2D eigenvalue weighted by Gasteiger charge is -2.11. The van der Waals surface area contributed by atoms with E-state index in [0.29, 0.717) is 10.6 Å². The van der Waals surface area contributed by atoms with Crippen molar-refractivity contribution in [2.75, 3.05) is 0 Å². The van der Waals surface area contributed by atoms with Crippen molar-refractivity contribution < 1.29 is 14.7 Å². The maximum absolute atomic E-state index is 11.7. The van der Waals surface area contributed by atoms with Crippen LogP contribution in [0.15, 0.2) is 18.2 Å². The van der Waals surface area contributed by atoms with Gasteiger partial charge in [-0.1, -0.05) is 11.6 Å². The number of halogens is 2. The number of aliphatic carboxylic acids is 1. The zero-order valence-electron chi connectivity index (χ0n) is 9.04. The van der Waals surface area contributed by atoms with E-state index in [-0.39, 0.29) is 12.3 Å².